The molecule has 9 aliphatic carbocycles. The van der Waals surface area contributed by atoms with E-state index >= 15 is 0 Å². The van der Waals surface area contributed by atoms with Crippen LogP contribution < -0.4 is 0 Å². The van der Waals surface area contributed by atoms with Gasteiger partial charge >= 0.3 is 0 Å². The van der Waals surface area contributed by atoms with Crippen molar-refractivity contribution in [1.29, 1.82) is 0 Å². The van der Waals surface area contributed by atoms with Gasteiger partial charge < -0.3 is 30.6 Å². The second-order valence-corrected chi connectivity index (χ2v) is 21.6. The maximum absolute atomic E-state index is 12.6. The Bertz CT molecular complexity index is 1960. The van der Waals surface area contributed by atoms with Gasteiger partial charge in [-0.05, 0) is 162 Å². The predicted octanol–water partition coefficient (Wildman–Crippen LogP) is 11.9. The lowest BCUT2D eigenvalue weighted by Gasteiger charge is -2.41. The molecule has 0 heterocycles. The molecule has 6 heteroatoms. The summed E-state index contributed by atoms with van der Waals surface area (Å²) in [6, 6.07) is 0. The fourth-order valence-electron chi connectivity index (χ4n) is 13.7. The molecule has 0 aliphatic heterocycles. The highest BCUT2D eigenvalue weighted by molar-refractivity contribution is 5.54. The highest BCUT2D eigenvalue weighted by atomic mass is 16.3. The van der Waals surface area contributed by atoms with E-state index in [0.717, 1.165) is 162 Å². The van der Waals surface area contributed by atoms with E-state index in [1.165, 1.54) is 89.5 Å². The first kappa shape index (κ1) is 44.9. The van der Waals surface area contributed by atoms with Crippen LogP contribution in [0.4, 0.5) is 0 Å². The number of aliphatic hydroxyl groups excluding tert-OH is 6. The molecule has 6 N–H and O–H groups in total. The van der Waals surface area contributed by atoms with Crippen LogP contribution in [0.2, 0.25) is 0 Å². The van der Waals surface area contributed by atoms with Crippen molar-refractivity contribution < 1.29 is 30.6 Å². The minimum atomic E-state index is -0.754. The Hall–Kier alpha value is -2.32. The summed E-state index contributed by atoms with van der Waals surface area (Å²) in [5, 5.41) is 72.8. The van der Waals surface area contributed by atoms with Gasteiger partial charge in [0.2, 0.25) is 0 Å². The lowest BCUT2D eigenvalue weighted by molar-refractivity contribution is 0.155. The van der Waals surface area contributed by atoms with Gasteiger partial charge in [-0.1, -0.05) is 146 Å². The third kappa shape index (κ3) is 10.1. The smallest absolute Gasteiger partial charge is 0.0972 e. The number of hydrogen-bond donors (Lipinski definition) is 6. The van der Waals surface area contributed by atoms with Crippen molar-refractivity contribution in [1.82, 2.24) is 0 Å². The van der Waals surface area contributed by atoms with Crippen LogP contribution in [0.1, 0.15) is 218 Å². The zero-order valence-corrected chi connectivity index (χ0v) is 38.2. The molecule has 0 aromatic heterocycles. The van der Waals surface area contributed by atoms with Crippen molar-refractivity contribution >= 4 is 0 Å². The molecule has 0 amide bonds. The van der Waals surface area contributed by atoms with Crippen molar-refractivity contribution in [2.45, 2.75) is 255 Å². The van der Waals surface area contributed by atoms with Crippen molar-refractivity contribution in [2.75, 3.05) is 0 Å². The van der Waals surface area contributed by atoms with E-state index in [4.69, 9.17) is 0 Å². The number of fused-ring (bicyclic) bond motifs is 8. The summed E-state index contributed by atoms with van der Waals surface area (Å²) < 4.78 is 0. The molecule has 6 atom stereocenters. The predicted molar refractivity (Wildman–Crippen MR) is 249 cm³/mol. The molecule has 9 aliphatic rings. The van der Waals surface area contributed by atoms with Gasteiger partial charge in [-0.15, -0.1) is 0 Å². The molecule has 0 radical (unpaired) electrons. The fourth-order valence-corrected chi connectivity index (χ4v) is 13.7. The Morgan fingerprint density at radius 2 is 0.581 bits per heavy atom. The first-order valence-electron chi connectivity index (χ1n) is 25.9. The Morgan fingerprint density at radius 3 is 1.13 bits per heavy atom. The molecular formula is C56H80O6. The van der Waals surface area contributed by atoms with E-state index in [0.29, 0.717) is 44.9 Å². The highest BCUT2D eigenvalue weighted by Crippen LogP contribution is 2.53. The van der Waals surface area contributed by atoms with E-state index < -0.39 is 30.5 Å². The molecule has 0 aromatic carbocycles. The lowest BCUT2D eigenvalue weighted by atomic mass is 9.66. The first-order valence-corrected chi connectivity index (χ1v) is 25.9. The minimum absolute atomic E-state index is 0.340. The van der Waals surface area contributed by atoms with E-state index in [2.05, 4.69) is 0 Å². The van der Waals surface area contributed by atoms with Crippen LogP contribution in [0.25, 0.3) is 0 Å². The molecule has 0 saturated heterocycles. The van der Waals surface area contributed by atoms with E-state index in [9.17, 15) is 30.6 Å². The van der Waals surface area contributed by atoms with Crippen LogP contribution in [0.5, 0.6) is 0 Å². The molecule has 0 spiro atoms. The van der Waals surface area contributed by atoms with Gasteiger partial charge in [-0.2, -0.15) is 0 Å². The van der Waals surface area contributed by atoms with E-state index in [1.807, 2.05) is 0 Å². The summed E-state index contributed by atoms with van der Waals surface area (Å²) >= 11 is 0. The van der Waals surface area contributed by atoms with Gasteiger partial charge in [0.05, 0.1) is 36.6 Å². The second-order valence-electron chi connectivity index (χ2n) is 21.6. The highest BCUT2D eigenvalue weighted by Gasteiger charge is 2.40. The first-order chi connectivity index (χ1) is 30.2. The lowest BCUT2D eigenvalue weighted by Crippen LogP contribution is -2.31. The Balaban J connectivity index is 1.14. The Kier molecular flexibility index (Phi) is 14.8. The summed E-state index contributed by atoms with van der Waals surface area (Å²) in [5.74, 6) is 0. The fraction of sp³-hybridized carbons (Fsp3) is 0.714. The van der Waals surface area contributed by atoms with Crippen LogP contribution in [0, 0.1) is 0 Å². The van der Waals surface area contributed by atoms with Gasteiger partial charge in [-0.25, -0.2) is 0 Å². The second kappa shape index (κ2) is 20.5. The molecule has 16 bridgehead atoms. The molecule has 3 fully saturated rings. The van der Waals surface area contributed by atoms with Gasteiger partial charge in [0.15, 0.2) is 0 Å². The molecular weight excluding hydrogens is 769 g/mol. The van der Waals surface area contributed by atoms with Gasteiger partial charge in [0.1, 0.15) is 0 Å². The van der Waals surface area contributed by atoms with E-state index in [1.54, 1.807) is 11.1 Å². The van der Waals surface area contributed by atoms with Gasteiger partial charge in [0.25, 0.3) is 0 Å². The summed E-state index contributed by atoms with van der Waals surface area (Å²) in [6.07, 6.45) is 28.7. The third-order valence-electron chi connectivity index (χ3n) is 17.4. The summed E-state index contributed by atoms with van der Waals surface area (Å²) in [5.41, 5.74) is 20.2. The quantitative estimate of drug-likeness (QED) is 0.135. The molecule has 0 aromatic rings. The molecule has 9 rings (SSSR count). The van der Waals surface area contributed by atoms with Crippen LogP contribution >= 0.6 is 0 Å². The van der Waals surface area contributed by atoms with Crippen LogP contribution in [-0.4, -0.2) is 67.3 Å². The zero-order valence-electron chi connectivity index (χ0n) is 38.2. The molecule has 6 unspecified atom stereocenters. The summed E-state index contributed by atoms with van der Waals surface area (Å²) in [4.78, 5) is 0. The van der Waals surface area contributed by atoms with Gasteiger partial charge in [-0.3, -0.25) is 0 Å². The number of allylic oxidation sites excluding steroid dienone is 7. The maximum Gasteiger partial charge on any atom is 0.0972 e. The SMILES string of the molecule is OC1CCCCCCCCC(O)C2=C3CC4=C(CC5=C(CC(=C(C5)C1)CCC1=C5CCCCCCCCCCCC(O)CC6=C(CC7=C(C6)C(O)C(=C(C1)C7)C5)C(O)C3)C4O)C2. The maximum atomic E-state index is 12.6. The molecule has 6 nitrogen and oxygen atoms in total. The number of rotatable bonds is 0. The minimum Gasteiger partial charge on any atom is -0.393 e. The average Bonchev–Trinajstić information content (AvgIpc) is 3.25. The molecule has 340 valence electrons. The summed E-state index contributed by atoms with van der Waals surface area (Å²) in [7, 11) is 0. The van der Waals surface area contributed by atoms with Crippen LogP contribution in [0.15, 0.2) is 89.2 Å². The average molecular weight is 849 g/mol. The Morgan fingerprint density at radius 1 is 0.242 bits per heavy atom. The Labute approximate surface area is 373 Å². The van der Waals surface area contributed by atoms with Crippen molar-refractivity contribution in [3.05, 3.63) is 89.2 Å². The normalized spacial score (nSPS) is 33.2. The largest absolute Gasteiger partial charge is 0.393 e. The topological polar surface area (TPSA) is 121 Å². The third-order valence-corrected chi connectivity index (χ3v) is 17.4. The standard InChI is InChI=1S/C56H80O6/c57-45-17-13-10-6-7-11-15-19-53(59)47-30-41-25-40-23-38(26-45)37-21-20-36-22-39-24-42-31-48(54(60)34-44(47)33-52(41)56(62)50(40)29-37)43-27-46(58)18-14-9-5-3-1-2-4-8-12-16-35(36)28-49(39)55(61)51(42)32-43/h45-46,53-62H,1-34H2. The van der Waals surface area contributed by atoms with Crippen LogP contribution in [-0.2, 0) is 0 Å². The summed E-state index contributed by atoms with van der Waals surface area (Å²) in [6.45, 7) is 0. The molecule has 3 saturated carbocycles. The monoisotopic (exact) mass is 849 g/mol. The van der Waals surface area contributed by atoms with Crippen molar-refractivity contribution in [3.8, 4) is 0 Å². The van der Waals surface area contributed by atoms with Crippen molar-refractivity contribution in [2.24, 2.45) is 0 Å². The zero-order chi connectivity index (χ0) is 42.7. The van der Waals surface area contributed by atoms with Crippen molar-refractivity contribution in [3.63, 3.8) is 0 Å². The van der Waals surface area contributed by atoms with E-state index in [-0.39, 0.29) is 6.10 Å². The number of aliphatic hydroxyl groups is 6. The number of hydrogen-bond acceptors (Lipinski definition) is 6. The van der Waals surface area contributed by atoms with Gasteiger partial charge in [0, 0.05) is 0 Å². The van der Waals surface area contributed by atoms with Crippen LogP contribution in [0.3, 0.4) is 0 Å². The molecule has 62 heavy (non-hydrogen) atoms.